The molecule has 1 N–H and O–H groups in total. The molecule has 1 amide bonds. The lowest BCUT2D eigenvalue weighted by Crippen LogP contribution is -2.44. The summed E-state index contributed by atoms with van der Waals surface area (Å²) < 4.78 is 37.6. The molecule has 1 saturated heterocycles. The standard InChI is InChI=1S/C19H24ClN3O5S/c1-19(2,3)16-11-17(22-28-16)21-18(24)27-14-5-4-10-23(12-14)29(25,26)15-8-6-13(20)7-9-15/h6-9,11,14H,4-5,10,12H2,1-3H3,(H,21,22,24). The first-order valence-corrected chi connectivity index (χ1v) is 11.1. The highest BCUT2D eigenvalue weighted by atomic mass is 35.5. The molecule has 2 aromatic rings. The van der Waals surface area contributed by atoms with E-state index in [2.05, 4.69) is 10.5 Å². The molecule has 0 spiro atoms. The number of amides is 1. The Morgan fingerprint density at radius 1 is 1.31 bits per heavy atom. The summed E-state index contributed by atoms with van der Waals surface area (Å²) in [5.41, 5.74) is -0.239. The van der Waals surface area contributed by atoms with Crippen LogP contribution in [-0.2, 0) is 20.2 Å². The summed E-state index contributed by atoms with van der Waals surface area (Å²) in [6, 6.07) is 7.63. The van der Waals surface area contributed by atoms with E-state index in [1.807, 2.05) is 20.8 Å². The van der Waals surface area contributed by atoms with Crippen LogP contribution in [0.4, 0.5) is 10.6 Å². The molecule has 0 saturated carbocycles. The Morgan fingerprint density at radius 3 is 2.62 bits per heavy atom. The fourth-order valence-electron chi connectivity index (χ4n) is 2.95. The van der Waals surface area contributed by atoms with Crippen molar-refractivity contribution in [3.8, 4) is 0 Å². The first-order valence-electron chi connectivity index (χ1n) is 9.26. The molecule has 1 aromatic carbocycles. The van der Waals surface area contributed by atoms with E-state index >= 15 is 0 Å². The Labute approximate surface area is 175 Å². The number of carbonyl (C=O) groups excluding carboxylic acids is 1. The third kappa shape index (κ3) is 5.29. The molecule has 29 heavy (non-hydrogen) atoms. The first kappa shape index (κ1) is 21.6. The summed E-state index contributed by atoms with van der Waals surface area (Å²) >= 11 is 5.84. The number of nitrogens with zero attached hydrogens (tertiary/aromatic N) is 2. The van der Waals surface area contributed by atoms with Crippen LogP contribution in [0, 0.1) is 0 Å². The van der Waals surface area contributed by atoms with Crippen LogP contribution in [0.25, 0.3) is 0 Å². The van der Waals surface area contributed by atoms with Crippen molar-refractivity contribution in [3.05, 3.63) is 41.1 Å². The zero-order chi connectivity index (χ0) is 21.2. The molecule has 1 aliphatic rings. The average molecular weight is 442 g/mol. The normalized spacial score (nSPS) is 18.4. The van der Waals surface area contributed by atoms with Crippen LogP contribution >= 0.6 is 11.6 Å². The molecule has 158 valence electrons. The number of aromatic nitrogens is 1. The van der Waals surface area contributed by atoms with Gasteiger partial charge >= 0.3 is 6.09 Å². The van der Waals surface area contributed by atoms with Gasteiger partial charge in [-0.05, 0) is 37.1 Å². The Morgan fingerprint density at radius 2 is 2.00 bits per heavy atom. The van der Waals surface area contributed by atoms with Crippen molar-refractivity contribution in [2.75, 3.05) is 18.4 Å². The van der Waals surface area contributed by atoms with E-state index in [0.29, 0.717) is 30.2 Å². The minimum Gasteiger partial charge on any atom is -0.445 e. The molecule has 1 unspecified atom stereocenters. The van der Waals surface area contributed by atoms with Crippen LogP contribution in [0.3, 0.4) is 0 Å². The molecule has 0 bridgehead atoms. The summed E-state index contributed by atoms with van der Waals surface area (Å²) in [6.45, 7) is 6.35. The molecule has 1 aliphatic heterocycles. The predicted octanol–water partition coefficient (Wildman–Crippen LogP) is 4.03. The molecule has 0 aliphatic carbocycles. The van der Waals surface area contributed by atoms with E-state index < -0.39 is 22.2 Å². The predicted molar refractivity (Wildman–Crippen MR) is 109 cm³/mol. The van der Waals surface area contributed by atoms with Crippen molar-refractivity contribution in [3.63, 3.8) is 0 Å². The van der Waals surface area contributed by atoms with Gasteiger partial charge in [0.15, 0.2) is 5.82 Å². The second kappa shape index (κ2) is 8.33. The number of hydrogen-bond acceptors (Lipinski definition) is 6. The van der Waals surface area contributed by atoms with Crippen LogP contribution in [0.2, 0.25) is 5.02 Å². The maximum absolute atomic E-state index is 12.8. The van der Waals surface area contributed by atoms with Crippen molar-refractivity contribution in [2.24, 2.45) is 0 Å². The maximum Gasteiger partial charge on any atom is 0.413 e. The van der Waals surface area contributed by atoms with Gasteiger partial charge in [0, 0.05) is 23.0 Å². The summed E-state index contributed by atoms with van der Waals surface area (Å²) in [7, 11) is -3.68. The van der Waals surface area contributed by atoms with Crippen LogP contribution < -0.4 is 5.32 Å². The van der Waals surface area contributed by atoms with Gasteiger partial charge < -0.3 is 9.26 Å². The van der Waals surface area contributed by atoms with E-state index in [9.17, 15) is 13.2 Å². The Hall–Kier alpha value is -2.10. The second-order valence-corrected chi connectivity index (χ2v) is 10.3. The SMILES string of the molecule is CC(C)(C)c1cc(NC(=O)OC2CCCN(S(=O)(=O)c3ccc(Cl)cc3)C2)no1. The largest absolute Gasteiger partial charge is 0.445 e. The highest BCUT2D eigenvalue weighted by Crippen LogP contribution is 2.25. The van der Waals surface area contributed by atoms with Gasteiger partial charge in [-0.2, -0.15) is 4.31 Å². The fraction of sp³-hybridized carbons (Fsp3) is 0.474. The highest BCUT2D eigenvalue weighted by molar-refractivity contribution is 7.89. The number of hydrogen-bond donors (Lipinski definition) is 1. The third-order valence-electron chi connectivity index (χ3n) is 4.55. The van der Waals surface area contributed by atoms with Gasteiger partial charge in [0.05, 0.1) is 11.4 Å². The van der Waals surface area contributed by atoms with Gasteiger partial charge in [-0.15, -0.1) is 0 Å². The molecule has 2 heterocycles. The average Bonchev–Trinajstić information content (AvgIpc) is 3.11. The summed E-state index contributed by atoms with van der Waals surface area (Å²) in [5.74, 6) is 0.882. The number of sulfonamides is 1. The molecule has 1 aromatic heterocycles. The summed E-state index contributed by atoms with van der Waals surface area (Å²) in [4.78, 5) is 12.4. The zero-order valence-electron chi connectivity index (χ0n) is 16.5. The van der Waals surface area contributed by atoms with Crippen LogP contribution in [0.1, 0.15) is 39.4 Å². The van der Waals surface area contributed by atoms with Gasteiger partial charge in [0.25, 0.3) is 0 Å². The number of halogens is 1. The van der Waals surface area contributed by atoms with Gasteiger partial charge in [-0.25, -0.2) is 13.2 Å². The van der Waals surface area contributed by atoms with Crippen molar-refractivity contribution in [2.45, 2.75) is 50.0 Å². The summed E-state index contributed by atoms with van der Waals surface area (Å²) in [6.07, 6.45) is -0.0935. The van der Waals surface area contributed by atoms with E-state index in [1.54, 1.807) is 6.07 Å². The smallest absolute Gasteiger partial charge is 0.413 e. The monoisotopic (exact) mass is 441 g/mol. The van der Waals surface area contributed by atoms with Crippen LogP contribution in [-0.4, -0.2) is 43.2 Å². The van der Waals surface area contributed by atoms with Gasteiger partial charge in [0.2, 0.25) is 10.0 Å². The number of carbonyl (C=O) groups is 1. The van der Waals surface area contributed by atoms with E-state index in [-0.39, 0.29) is 22.7 Å². The number of piperidine rings is 1. The van der Waals surface area contributed by atoms with Gasteiger partial charge in [0.1, 0.15) is 11.9 Å². The van der Waals surface area contributed by atoms with Gasteiger partial charge in [-0.1, -0.05) is 37.5 Å². The number of rotatable bonds is 4. The third-order valence-corrected chi connectivity index (χ3v) is 6.68. The molecular weight excluding hydrogens is 418 g/mol. The van der Waals surface area contributed by atoms with Crippen molar-refractivity contribution in [1.82, 2.24) is 9.46 Å². The molecule has 10 heteroatoms. The Kier molecular flexibility index (Phi) is 6.21. The molecule has 1 fully saturated rings. The number of benzene rings is 1. The summed E-state index contributed by atoms with van der Waals surface area (Å²) in [5, 5.41) is 6.80. The number of anilines is 1. The van der Waals surface area contributed by atoms with Crippen molar-refractivity contribution >= 4 is 33.5 Å². The maximum atomic E-state index is 12.8. The van der Waals surface area contributed by atoms with E-state index in [1.165, 1.54) is 28.6 Å². The van der Waals surface area contributed by atoms with Crippen LogP contribution in [0.15, 0.2) is 39.8 Å². The van der Waals surface area contributed by atoms with Gasteiger partial charge in [-0.3, -0.25) is 5.32 Å². The molecule has 8 nitrogen and oxygen atoms in total. The topological polar surface area (TPSA) is 102 Å². The second-order valence-electron chi connectivity index (χ2n) is 7.94. The minimum atomic E-state index is -3.68. The fourth-order valence-corrected chi connectivity index (χ4v) is 4.58. The van der Waals surface area contributed by atoms with Crippen LogP contribution in [0.5, 0.6) is 0 Å². The zero-order valence-corrected chi connectivity index (χ0v) is 18.1. The highest BCUT2D eigenvalue weighted by Gasteiger charge is 2.32. The Bertz CT molecular complexity index is 966. The minimum absolute atomic E-state index is 0.0877. The molecule has 0 radical (unpaired) electrons. The van der Waals surface area contributed by atoms with Crippen molar-refractivity contribution in [1.29, 1.82) is 0 Å². The lowest BCUT2D eigenvalue weighted by molar-refractivity contribution is 0.0741. The van der Waals surface area contributed by atoms with E-state index in [0.717, 1.165) is 0 Å². The molecule has 1 atom stereocenters. The lowest BCUT2D eigenvalue weighted by atomic mass is 9.93. The first-order chi connectivity index (χ1) is 13.6. The van der Waals surface area contributed by atoms with E-state index in [4.69, 9.17) is 20.9 Å². The number of ether oxygens (including phenoxy) is 1. The molecular formula is C19H24ClN3O5S. The van der Waals surface area contributed by atoms with Crippen molar-refractivity contribution < 1.29 is 22.5 Å². The Balaban J connectivity index is 1.61. The quantitative estimate of drug-likeness (QED) is 0.768. The molecule has 3 rings (SSSR count). The lowest BCUT2D eigenvalue weighted by Gasteiger charge is -2.31. The number of nitrogens with one attached hydrogen (secondary N) is 1.